The van der Waals surface area contributed by atoms with Crippen LogP contribution in [0.15, 0.2) is 12.7 Å². The van der Waals surface area contributed by atoms with Gasteiger partial charge in [-0.1, -0.05) is 26.8 Å². The van der Waals surface area contributed by atoms with Crippen molar-refractivity contribution in [1.29, 1.82) is 0 Å². The molecule has 0 spiro atoms. The zero-order chi connectivity index (χ0) is 12.8. The quantitative estimate of drug-likeness (QED) is 0.548. The van der Waals surface area contributed by atoms with Gasteiger partial charge in [-0.05, 0) is 43.4 Å². The average molecular weight is 243 g/mol. The summed E-state index contributed by atoms with van der Waals surface area (Å²) in [6.45, 7) is 16.7. The second-order valence-corrected chi connectivity index (χ2v) is 10.8. The average Bonchev–Trinajstić information content (AvgIpc) is 2.14. The Morgan fingerprint density at radius 2 is 1.94 bits per heavy atom. The van der Waals surface area contributed by atoms with Crippen LogP contribution in [0, 0.1) is 5.92 Å². The summed E-state index contributed by atoms with van der Waals surface area (Å²) in [5.74, 6) is 0.530. The molecule has 0 saturated carbocycles. The van der Waals surface area contributed by atoms with E-state index in [9.17, 15) is 0 Å². The topological polar surface area (TPSA) is 35.2 Å². The van der Waals surface area contributed by atoms with Crippen LogP contribution in [0.1, 0.15) is 33.6 Å². The monoisotopic (exact) mass is 243 g/mol. The molecule has 0 fully saturated rings. The van der Waals surface area contributed by atoms with Crippen LogP contribution in [0.4, 0.5) is 0 Å². The minimum absolute atomic E-state index is 0.295. The molecule has 0 rings (SSSR count). The summed E-state index contributed by atoms with van der Waals surface area (Å²) in [5, 5.41) is 0.295. The molecule has 0 aliphatic rings. The van der Waals surface area contributed by atoms with Crippen molar-refractivity contribution in [2.75, 3.05) is 13.2 Å². The maximum atomic E-state index is 6.12. The van der Waals surface area contributed by atoms with Gasteiger partial charge < -0.3 is 10.2 Å². The van der Waals surface area contributed by atoms with E-state index in [1.54, 1.807) is 0 Å². The molecule has 0 bridgehead atoms. The summed E-state index contributed by atoms with van der Waals surface area (Å²) >= 11 is 0. The van der Waals surface area contributed by atoms with Crippen molar-refractivity contribution < 1.29 is 4.43 Å². The van der Waals surface area contributed by atoms with Crippen molar-refractivity contribution in [2.24, 2.45) is 11.7 Å². The van der Waals surface area contributed by atoms with Gasteiger partial charge in [0.05, 0.1) is 0 Å². The molecule has 2 nitrogen and oxygen atoms in total. The molecule has 0 aliphatic heterocycles. The second-order valence-electron chi connectivity index (χ2n) is 6.02. The van der Waals surface area contributed by atoms with E-state index >= 15 is 0 Å². The van der Waals surface area contributed by atoms with Gasteiger partial charge in [0, 0.05) is 6.61 Å². The molecule has 0 aromatic rings. The maximum Gasteiger partial charge on any atom is 0.191 e. The van der Waals surface area contributed by atoms with Gasteiger partial charge in [0.1, 0.15) is 0 Å². The molecule has 2 N–H and O–H groups in total. The first-order chi connectivity index (χ1) is 7.24. The Labute approximate surface area is 102 Å². The molecular formula is C13H29NOSi. The van der Waals surface area contributed by atoms with Gasteiger partial charge in [0.25, 0.3) is 0 Å². The minimum atomic E-state index is -1.57. The third kappa shape index (κ3) is 5.28. The van der Waals surface area contributed by atoms with Crippen molar-refractivity contribution in [2.45, 2.75) is 51.7 Å². The lowest BCUT2D eigenvalue weighted by Crippen LogP contribution is -2.41. The van der Waals surface area contributed by atoms with E-state index in [0.717, 1.165) is 26.0 Å². The molecule has 0 saturated heterocycles. The Morgan fingerprint density at radius 1 is 1.38 bits per heavy atom. The Balaban J connectivity index is 4.01. The van der Waals surface area contributed by atoms with Gasteiger partial charge in [-0.2, -0.15) is 0 Å². The number of hydrogen-bond donors (Lipinski definition) is 1. The molecule has 0 aromatic heterocycles. The fourth-order valence-corrected chi connectivity index (χ4v) is 2.33. The van der Waals surface area contributed by atoms with Crippen LogP contribution < -0.4 is 5.73 Å². The SMILES string of the molecule is C=CCC(CN)CCO[Si](C)(C)C(C)(C)C. The van der Waals surface area contributed by atoms with Crippen LogP contribution in [-0.4, -0.2) is 21.5 Å². The number of allylic oxidation sites excluding steroid dienone is 1. The van der Waals surface area contributed by atoms with Gasteiger partial charge in [-0.15, -0.1) is 6.58 Å². The van der Waals surface area contributed by atoms with Crippen molar-refractivity contribution in [1.82, 2.24) is 0 Å². The number of hydrogen-bond acceptors (Lipinski definition) is 2. The number of nitrogens with two attached hydrogens (primary N) is 1. The molecule has 96 valence electrons. The van der Waals surface area contributed by atoms with E-state index in [1.165, 1.54) is 0 Å². The normalized spacial score (nSPS) is 14.9. The molecule has 0 aliphatic carbocycles. The summed E-state index contributed by atoms with van der Waals surface area (Å²) in [6, 6.07) is 0. The zero-order valence-electron chi connectivity index (χ0n) is 11.7. The lowest BCUT2D eigenvalue weighted by Gasteiger charge is -2.36. The van der Waals surface area contributed by atoms with Crippen molar-refractivity contribution >= 4 is 8.32 Å². The van der Waals surface area contributed by atoms with Gasteiger partial charge in [0.2, 0.25) is 0 Å². The Hall–Kier alpha value is -0.123. The van der Waals surface area contributed by atoms with E-state index < -0.39 is 8.32 Å². The fourth-order valence-electron chi connectivity index (χ4n) is 1.26. The lowest BCUT2D eigenvalue weighted by atomic mass is 10.0. The van der Waals surface area contributed by atoms with Crippen LogP contribution in [0.3, 0.4) is 0 Å². The predicted molar refractivity (Wildman–Crippen MR) is 75.1 cm³/mol. The molecule has 0 heterocycles. The lowest BCUT2D eigenvalue weighted by molar-refractivity contribution is 0.257. The van der Waals surface area contributed by atoms with Gasteiger partial charge in [0.15, 0.2) is 8.32 Å². The highest BCUT2D eigenvalue weighted by Crippen LogP contribution is 2.36. The van der Waals surface area contributed by atoms with Gasteiger partial charge >= 0.3 is 0 Å². The molecule has 0 amide bonds. The summed E-state index contributed by atoms with van der Waals surface area (Å²) in [6.07, 6.45) is 4.00. The summed E-state index contributed by atoms with van der Waals surface area (Å²) < 4.78 is 6.12. The third-order valence-electron chi connectivity index (χ3n) is 3.63. The summed E-state index contributed by atoms with van der Waals surface area (Å²) in [5.41, 5.74) is 5.70. The van der Waals surface area contributed by atoms with Crippen LogP contribution in [0.2, 0.25) is 18.1 Å². The molecule has 0 radical (unpaired) electrons. The molecule has 1 unspecified atom stereocenters. The minimum Gasteiger partial charge on any atom is -0.417 e. The van der Waals surface area contributed by atoms with E-state index in [4.69, 9.17) is 10.2 Å². The first kappa shape index (κ1) is 15.9. The smallest absolute Gasteiger partial charge is 0.191 e. The highest BCUT2D eigenvalue weighted by molar-refractivity contribution is 6.74. The highest BCUT2D eigenvalue weighted by atomic mass is 28.4. The summed E-state index contributed by atoms with van der Waals surface area (Å²) in [4.78, 5) is 0. The van der Waals surface area contributed by atoms with Gasteiger partial charge in [-0.25, -0.2) is 0 Å². The van der Waals surface area contributed by atoms with Crippen molar-refractivity contribution in [3.05, 3.63) is 12.7 Å². The summed E-state index contributed by atoms with van der Waals surface area (Å²) in [7, 11) is -1.57. The van der Waals surface area contributed by atoms with E-state index in [0.29, 0.717) is 11.0 Å². The van der Waals surface area contributed by atoms with Crippen molar-refractivity contribution in [3.8, 4) is 0 Å². The fraction of sp³-hybridized carbons (Fsp3) is 0.846. The van der Waals surface area contributed by atoms with Gasteiger partial charge in [-0.3, -0.25) is 0 Å². The van der Waals surface area contributed by atoms with Crippen LogP contribution >= 0.6 is 0 Å². The molecule has 16 heavy (non-hydrogen) atoms. The Kier molecular flexibility index (Phi) is 6.52. The third-order valence-corrected chi connectivity index (χ3v) is 8.17. The van der Waals surface area contributed by atoms with E-state index in [-0.39, 0.29) is 0 Å². The predicted octanol–water partition coefficient (Wildman–Crippen LogP) is 3.55. The molecule has 3 heteroatoms. The largest absolute Gasteiger partial charge is 0.417 e. The Morgan fingerprint density at radius 3 is 2.31 bits per heavy atom. The Bertz CT molecular complexity index is 208. The molecular weight excluding hydrogens is 214 g/mol. The maximum absolute atomic E-state index is 6.12. The van der Waals surface area contributed by atoms with E-state index in [2.05, 4.69) is 40.4 Å². The zero-order valence-corrected chi connectivity index (χ0v) is 12.7. The van der Waals surface area contributed by atoms with Crippen LogP contribution in [-0.2, 0) is 4.43 Å². The molecule has 1 atom stereocenters. The highest BCUT2D eigenvalue weighted by Gasteiger charge is 2.36. The number of rotatable bonds is 7. The van der Waals surface area contributed by atoms with Crippen LogP contribution in [0.5, 0.6) is 0 Å². The first-order valence-electron chi connectivity index (χ1n) is 6.19. The first-order valence-corrected chi connectivity index (χ1v) is 9.10. The van der Waals surface area contributed by atoms with E-state index in [1.807, 2.05) is 6.08 Å². The van der Waals surface area contributed by atoms with Crippen molar-refractivity contribution in [3.63, 3.8) is 0 Å². The molecule has 0 aromatic carbocycles. The van der Waals surface area contributed by atoms with Crippen LogP contribution in [0.25, 0.3) is 0 Å². The standard InChI is InChI=1S/C13H29NOSi/c1-7-8-12(11-14)9-10-15-16(5,6)13(2,3)4/h7,12H,1,8-11,14H2,2-6H3. The second kappa shape index (κ2) is 6.57.